The summed E-state index contributed by atoms with van der Waals surface area (Å²) < 4.78 is 0. The van der Waals surface area contributed by atoms with Gasteiger partial charge in [0, 0.05) is 12.8 Å². The molecule has 0 aromatic heterocycles. The summed E-state index contributed by atoms with van der Waals surface area (Å²) in [6, 6.07) is 0. The number of hydrogen-bond donors (Lipinski definition) is 0. The van der Waals surface area contributed by atoms with E-state index in [2.05, 4.69) is 34.6 Å². The molecular weight excluding hydrogens is 340 g/mol. The smallest absolute Gasteiger partial charge is 0.133 e. The van der Waals surface area contributed by atoms with Crippen LogP contribution in [0.4, 0.5) is 0 Å². The van der Waals surface area contributed by atoms with E-state index in [4.69, 9.17) is 0 Å². The Morgan fingerprint density at radius 3 is 2.39 bits per heavy atom. The lowest BCUT2D eigenvalue weighted by molar-refractivity contribution is -0.140. The maximum Gasteiger partial charge on any atom is 0.133 e. The third-order valence-electron chi connectivity index (χ3n) is 10.7. The number of carbonyl (C=O) groups is 1. The molecule has 4 aliphatic carbocycles. The highest BCUT2D eigenvalue weighted by atomic mass is 16.1. The van der Waals surface area contributed by atoms with Crippen LogP contribution in [0.25, 0.3) is 0 Å². The van der Waals surface area contributed by atoms with Crippen LogP contribution in [0.1, 0.15) is 112 Å². The van der Waals surface area contributed by atoms with Crippen LogP contribution in [0.2, 0.25) is 0 Å². The molecule has 4 rings (SSSR count). The van der Waals surface area contributed by atoms with Gasteiger partial charge in [-0.25, -0.2) is 0 Å². The molecule has 4 fully saturated rings. The fraction of sp³-hybridized carbons (Fsp3) is 0.963. The lowest BCUT2D eigenvalue weighted by Crippen LogP contribution is -2.53. The van der Waals surface area contributed by atoms with Gasteiger partial charge >= 0.3 is 0 Å². The van der Waals surface area contributed by atoms with Crippen LogP contribution in [-0.2, 0) is 4.79 Å². The fourth-order valence-corrected chi connectivity index (χ4v) is 9.07. The van der Waals surface area contributed by atoms with Gasteiger partial charge in [0.05, 0.1) is 0 Å². The van der Waals surface area contributed by atoms with E-state index >= 15 is 0 Å². The Morgan fingerprint density at radius 1 is 0.893 bits per heavy atom. The van der Waals surface area contributed by atoms with E-state index in [1.807, 2.05) is 0 Å². The Bertz CT molecular complexity index is 579. The number of hydrogen-bond acceptors (Lipinski definition) is 1. The van der Waals surface area contributed by atoms with Crippen molar-refractivity contribution in [2.24, 2.45) is 52.3 Å². The van der Waals surface area contributed by atoms with E-state index in [0.717, 1.165) is 48.3 Å². The number of rotatable bonds is 5. The number of Topliss-reactive ketones (excluding diaryl/α,β-unsaturated/α-hetero) is 1. The summed E-state index contributed by atoms with van der Waals surface area (Å²) in [4.78, 5) is 12.1. The minimum atomic E-state index is 0.471. The van der Waals surface area contributed by atoms with Gasteiger partial charge in [-0.15, -0.1) is 0 Å². The number of ketones is 1. The summed E-state index contributed by atoms with van der Waals surface area (Å²) in [6.45, 7) is 12.6. The molecular formula is C27H46O. The maximum atomic E-state index is 12.1. The van der Waals surface area contributed by atoms with E-state index in [1.54, 1.807) is 0 Å². The summed E-state index contributed by atoms with van der Waals surface area (Å²) in [5, 5.41) is 0. The Balaban J connectivity index is 1.47. The van der Waals surface area contributed by atoms with Crippen molar-refractivity contribution >= 4 is 5.78 Å². The second-order valence-corrected chi connectivity index (χ2v) is 12.4. The van der Waals surface area contributed by atoms with Crippen molar-refractivity contribution in [1.29, 1.82) is 0 Å². The molecule has 1 nitrogen and oxygen atoms in total. The molecule has 0 radical (unpaired) electrons. The Hall–Kier alpha value is -0.330. The van der Waals surface area contributed by atoms with Crippen LogP contribution in [0.15, 0.2) is 0 Å². The minimum Gasteiger partial charge on any atom is -0.300 e. The quantitative estimate of drug-likeness (QED) is 0.473. The number of carbonyl (C=O) groups excluding carboxylic acids is 1. The van der Waals surface area contributed by atoms with E-state index in [-0.39, 0.29) is 0 Å². The third-order valence-corrected chi connectivity index (χ3v) is 10.7. The molecule has 160 valence electrons. The highest BCUT2D eigenvalue weighted by Crippen LogP contribution is 2.68. The zero-order valence-corrected chi connectivity index (χ0v) is 19.4. The van der Waals surface area contributed by atoms with E-state index in [0.29, 0.717) is 22.5 Å². The molecule has 0 amide bonds. The van der Waals surface area contributed by atoms with Gasteiger partial charge in [-0.3, -0.25) is 4.79 Å². The zero-order chi connectivity index (χ0) is 20.1. The van der Waals surface area contributed by atoms with Crippen molar-refractivity contribution < 1.29 is 4.79 Å². The monoisotopic (exact) mass is 386 g/mol. The van der Waals surface area contributed by atoms with Crippen molar-refractivity contribution in [3.8, 4) is 0 Å². The molecule has 4 saturated carbocycles. The lowest BCUT2D eigenvalue weighted by Gasteiger charge is -2.60. The van der Waals surface area contributed by atoms with Crippen LogP contribution in [0.3, 0.4) is 0 Å². The molecule has 0 saturated heterocycles. The Morgan fingerprint density at radius 2 is 1.64 bits per heavy atom. The zero-order valence-electron chi connectivity index (χ0n) is 19.4. The van der Waals surface area contributed by atoms with E-state index < -0.39 is 0 Å². The summed E-state index contributed by atoms with van der Waals surface area (Å²) in [6.07, 6.45) is 15.9. The first-order valence-corrected chi connectivity index (χ1v) is 12.8. The minimum absolute atomic E-state index is 0.471. The molecule has 0 aromatic rings. The largest absolute Gasteiger partial charge is 0.300 e. The summed E-state index contributed by atoms with van der Waals surface area (Å²) in [7, 11) is 0. The topological polar surface area (TPSA) is 17.1 Å². The summed E-state index contributed by atoms with van der Waals surface area (Å²) >= 11 is 0. The van der Waals surface area contributed by atoms with Gasteiger partial charge in [-0.05, 0) is 97.2 Å². The first kappa shape index (κ1) is 20.9. The molecule has 1 heteroatoms. The van der Waals surface area contributed by atoms with Crippen LogP contribution >= 0.6 is 0 Å². The molecule has 28 heavy (non-hydrogen) atoms. The van der Waals surface area contributed by atoms with Crippen molar-refractivity contribution in [2.45, 2.75) is 112 Å². The van der Waals surface area contributed by atoms with Gasteiger partial charge in [0.2, 0.25) is 0 Å². The van der Waals surface area contributed by atoms with Crippen LogP contribution in [0.5, 0.6) is 0 Å². The van der Waals surface area contributed by atoms with Gasteiger partial charge in [-0.1, -0.05) is 53.9 Å². The average molecular weight is 387 g/mol. The fourth-order valence-electron chi connectivity index (χ4n) is 9.07. The first-order valence-electron chi connectivity index (χ1n) is 12.8. The highest BCUT2D eigenvalue weighted by molar-refractivity contribution is 5.79. The Labute approximate surface area is 174 Å². The SMILES string of the molecule is CC(C)CCC[C@@H](C)[C@@H]1CC[C@@H]2[C@H]3CC[C@H]4CC(=O)CC[C@]4(C)[C@@H]3CC[C@@]21C. The van der Waals surface area contributed by atoms with Gasteiger partial charge in [0.15, 0.2) is 0 Å². The normalized spacial score (nSPS) is 46.8. The molecule has 8 atom stereocenters. The molecule has 0 unspecified atom stereocenters. The molecule has 0 bridgehead atoms. The van der Waals surface area contributed by atoms with Gasteiger partial charge in [0.1, 0.15) is 5.78 Å². The van der Waals surface area contributed by atoms with Gasteiger partial charge in [0.25, 0.3) is 0 Å². The average Bonchev–Trinajstić information content (AvgIpc) is 2.99. The molecule has 0 aliphatic heterocycles. The maximum absolute atomic E-state index is 12.1. The predicted octanol–water partition coefficient (Wildman–Crippen LogP) is 7.68. The highest BCUT2D eigenvalue weighted by Gasteiger charge is 2.60. The van der Waals surface area contributed by atoms with Gasteiger partial charge in [-0.2, -0.15) is 0 Å². The molecule has 4 aliphatic rings. The molecule has 0 heterocycles. The van der Waals surface area contributed by atoms with Crippen LogP contribution in [-0.4, -0.2) is 5.78 Å². The van der Waals surface area contributed by atoms with Crippen LogP contribution in [0, 0.1) is 52.3 Å². The number of fused-ring (bicyclic) bond motifs is 5. The van der Waals surface area contributed by atoms with E-state index in [9.17, 15) is 4.79 Å². The standard InChI is InChI=1S/C27H46O/c1-18(2)7-6-8-19(3)23-11-12-24-22-10-9-20-17-21(28)13-15-26(20,4)25(22)14-16-27(23,24)5/h18-20,22-25H,6-17H2,1-5H3/t19-,20+,22-,23+,24-,25-,26+,27-/m1/s1. The third kappa shape index (κ3) is 3.41. The lowest BCUT2D eigenvalue weighted by atomic mass is 9.44. The Kier molecular flexibility index (Phi) is 5.78. The van der Waals surface area contributed by atoms with Gasteiger partial charge < -0.3 is 0 Å². The second-order valence-electron chi connectivity index (χ2n) is 12.4. The van der Waals surface area contributed by atoms with Crippen molar-refractivity contribution in [1.82, 2.24) is 0 Å². The second kappa shape index (κ2) is 7.73. The van der Waals surface area contributed by atoms with Crippen LogP contribution < -0.4 is 0 Å². The van der Waals surface area contributed by atoms with Crippen molar-refractivity contribution in [2.75, 3.05) is 0 Å². The van der Waals surface area contributed by atoms with E-state index in [1.165, 1.54) is 64.2 Å². The first-order chi connectivity index (χ1) is 13.3. The predicted molar refractivity (Wildman–Crippen MR) is 118 cm³/mol. The molecule has 0 N–H and O–H groups in total. The summed E-state index contributed by atoms with van der Waals surface area (Å²) in [5.74, 6) is 6.82. The summed E-state index contributed by atoms with van der Waals surface area (Å²) in [5.41, 5.74) is 1.07. The molecule has 0 aromatic carbocycles. The molecule has 0 spiro atoms. The van der Waals surface area contributed by atoms with Crippen molar-refractivity contribution in [3.05, 3.63) is 0 Å². The van der Waals surface area contributed by atoms with Crippen molar-refractivity contribution in [3.63, 3.8) is 0 Å².